The maximum absolute atomic E-state index is 12.6. The van der Waals surface area contributed by atoms with Crippen LogP contribution in [0.2, 0.25) is 0 Å². The highest BCUT2D eigenvalue weighted by Crippen LogP contribution is 2.84. The molecule has 2 aromatic rings. The molecule has 3 nitrogen and oxygen atoms in total. The number of benzene rings is 2. The minimum Gasteiger partial charge on any atom is -0.466 e. The second-order valence-corrected chi connectivity index (χ2v) is 6.75. The molecule has 0 amide bonds. The molecule has 0 spiro atoms. The zero-order valence-electron chi connectivity index (χ0n) is 13.2. The number of carbonyl (C=O) groups excluding carboxylic acids is 1. The van der Waals surface area contributed by atoms with Crippen molar-refractivity contribution in [1.82, 2.24) is 0 Å². The Balaban J connectivity index is 1.81. The van der Waals surface area contributed by atoms with E-state index in [1.54, 1.807) is 0 Å². The Morgan fingerprint density at radius 3 is 2.38 bits per heavy atom. The second kappa shape index (κ2) is 4.36. The van der Waals surface area contributed by atoms with Crippen molar-refractivity contribution in [3.63, 3.8) is 0 Å². The van der Waals surface area contributed by atoms with Gasteiger partial charge in [0.2, 0.25) is 0 Å². The molecule has 1 fully saturated rings. The Kier molecular flexibility index (Phi) is 2.46. The summed E-state index contributed by atoms with van der Waals surface area (Å²) in [4.78, 5) is 12.6. The third-order valence-electron chi connectivity index (χ3n) is 5.95. The quantitative estimate of drug-likeness (QED) is 0.795. The van der Waals surface area contributed by atoms with Gasteiger partial charge in [0.15, 0.2) is 0 Å². The summed E-state index contributed by atoms with van der Waals surface area (Å²) in [6.45, 7) is 0. The van der Waals surface area contributed by atoms with Gasteiger partial charge >= 0.3 is 5.97 Å². The fourth-order valence-electron chi connectivity index (χ4n) is 5.13. The number of nitriles is 1. The minimum absolute atomic E-state index is 0.0369. The average molecular weight is 313 g/mol. The number of allylic oxidation sites excluding steroid dienone is 1. The highest BCUT2D eigenvalue weighted by Gasteiger charge is 2.80. The van der Waals surface area contributed by atoms with Crippen LogP contribution in [0.1, 0.15) is 28.5 Å². The number of fused-ring (bicyclic) bond motifs is 4. The highest BCUT2D eigenvalue weighted by atomic mass is 16.5. The number of carbonyl (C=O) groups is 1. The molecule has 116 valence electrons. The molecule has 3 aliphatic carbocycles. The molecule has 3 heteroatoms. The van der Waals surface area contributed by atoms with E-state index in [0.29, 0.717) is 5.57 Å². The van der Waals surface area contributed by atoms with Crippen LogP contribution >= 0.6 is 0 Å². The van der Waals surface area contributed by atoms with Crippen molar-refractivity contribution in [3.8, 4) is 6.07 Å². The molecule has 0 radical (unpaired) electrons. The zero-order chi connectivity index (χ0) is 16.5. The largest absolute Gasteiger partial charge is 0.466 e. The molecule has 1 saturated carbocycles. The van der Waals surface area contributed by atoms with Gasteiger partial charge in [0.05, 0.1) is 18.6 Å². The van der Waals surface area contributed by atoms with E-state index in [0.717, 1.165) is 11.1 Å². The Hall–Kier alpha value is -2.86. The molecule has 4 atom stereocenters. The second-order valence-electron chi connectivity index (χ2n) is 6.75. The lowest BCUT2D eigenvalue weighted by molar-refractivity contribution is -0.136. The van der Waals surface area contributed by atoms with E-state index in [1.807, 2.05) is 42.5 Å². The molecule has 0 N–H and O–H groups in total. The lowest BCUT2D eigenvalue weighted by atomic mass is 9.82. The monoisotopic (exact) mass is 313 g/mol. The van der Waals surface area contributed by atoms with E-state index in [2.05, 4.69) is 18.2 Å². The number of rotatable bonds is 2. The minimum atomic E-state index is -0.502. The van der Waals surface area contributed by atoms with Crippen molar-refractivity contribution in [2.24, 2.45) is 11.3 Å². The number of methoxy groups -OCH3 is 1. The fraction of sp³-hybridized carbons (Fsp3) is 0.238. The molecule has 0 aliphatic heterocycles. The Morgan fingerprint density at radius 2 is 1.71 bits per heavy atom. The Labute approximate surface area is 140 Å². The summed E-state index contributed by atoms with van der Waals surface area (Å²) in [5.74, 6) is -0.239. The highest BCUT2D eigenvalue weighted by molar-refractivity contribution is 6.05. The van der Waals surface area contributed by atoms with Crippen LogP contribution in [0.3, 0.4) is 0 Å². The molecule has 0 aromatic heterocycles. The lowest BCUT2D eigenvalue weighted by Gasteiger charge is -2.19. The molecule has 0 heterocycles. The molecule has 2 aromatic carbocycles. The van der Waals surface area contributed by atoms with E-state index in [-0.39, 0.29) is 23.7 Å². The molecule has 0 bridgehead atoms. The molecule has 0 saturated heterocycles. The number of ether oxygens (including phenoxy) is 1. The first kappa shape index (κ1) is 13.6. The van der Waals surface area contributed by atoms with Gasteiger partial charge in [0.1, 0.15) is 0 Å². The molecular formula is C21H15NO2. The van der Waals surface area contributed by atoms with Crippen LogP contribution in [0.4, 0.5) is 0 Å². The van der Waals surface area contributed by atoms with Crippen molar-refractivity contribution in [1.29, 1.82) is 5.26 Å². The summed E-state index contributed by atoms with van der Waals surface area (Å²) in [6.07, 6.45) is 0. The maximum atomic E-state index is 12.6. The Morgan fingerprint density at radius 1 is 1.04 bits per heavy atom. The topological polar surface area (TPSA) is 50.1 Å². The van der Waals surface area contributed by atoms with Crippen LogP contribution in [0.25, 0.3) is 5.57 Å². The van der Waals surface area contributed by atoms with Gasteiger partial charge < -0.3 is 4.74 Å². The van der Waals surface area contributed by atoms with Crippen LogP contribution in [-0.4, -0.2) is 13.1 Å². The first-order valence-electron chi connectivity index (χ1n) is 8.13. The van der Waals surface area contributed by atoms with Crippen LogP contribution < -0.4 is 0 Å². The van der Waals surface area contributed by atoms with Gasteiger partial charge in [-0.25, -0.2) is 4.79 Å². The summed E-state index contributed by atoms with van der Waals surface area (Å²) < 4.78 is 5.09. The maximum Gasteiger partial charge on any atom is 0.334 e. The standard InChI is InChI=1S/C21H15NO2/c1-24-20(23)16-15(12-7-3-2-4-8-12)17-13-9-5-6-10-14(13)18-19(16)21(17,18)11-22/h2-10,17-19H,1H3. The summed E-state index contributed by atoms with van der Waals surface area (Å²) >= 11 is 0. The van der Waals surface area contributed by atoms with Gasteiger partial charge in [-0.1, -0.05) is 54.6 Å². The van der Waals surface area contributed by atoms with Crippen molar-refractivity contribution >= 4 is 11.5 Å². The summed E-state index contributed by atoms with van der Waals surface area (Å²) in [7, 11) is 1.42. The van der Waals surface area contributed by atoms with E-state index < -0.39 is 5.41 Å². The number of hydrogen-bond acceptors (Lipinski definition) is 3. The van der Waals surface area contributed by atoms with E-state index in [9.17, 15) is 10.1 Å². The summed E-state index contributed by atoms with van der Waals surface area (Å²) in [5.41, 5.74) is 4.62. The third kappa shape index (κ3) is 1.32. The summed E-state index contributed by atoms with van der Waals surface area (Å²) in [5, 5.41) is 10.0. The van der Waals surface area contributed by atoms with E-state index in [1.165, 1.54) is 18.2 Å². The SMILES string of the molecule is COC(=O)C1=C(c2ccccc2)C2c3ccccc3C3C1C23C#N. The fourth-order valence-corrected chi connectivity index (χ4v) is 5.13. The normalized spacial score (nSPS) is 31.2. The van der Waals surface area contributed by atoms with Gasteiger partial charge in [-0.05, 0) is 22.3 Å². The lowest BCUT2D eigenvalue weighted by Crippen LogP contribution is -2.09. The molecule has 3 aliphatic rings. The third-order valence-corrected chi connectivity index (χ3v) is 5.95. The van der Waals surface area contributed by atoms with Crippen molar-refractivity contribution < 1.29 is 9.53 Å². The number of esters is 1. The Bertz CT molecular complexity index is 953. The molecule has 4 unspecified atom stereocenters. The van der Waals surface area contributed by atoms with Gasteiger partial charge in [0.25, 0.3) is 0 Å². The predicted molar refractivity (Wildman–Crippen MR) is 88.8 cm³/mol. The van der Waals surface area contributed by atoms with Crippen LogP contribution in [-0.2, 0) is 9.53 Å². The predicted octanol–water partition coefficient (Wildman–Crippen LogP) is 3.65. The zero-order valence-corrected chi connectivity index (χ0v) is 13.2. The molecular weight excluding hydrogens is 298 g/mol. The van der Waals surface area contributed by atoms with Gasteiger partial charge in [-0.15, -0.1) is 0 Å². The number of nitrogens with zero attached hydrogens (tertiary/aromatic N) is 1. The van der Waals surface area contributed by atoms with Crippen molar-refractivity contribution in [2.75, 3.05) is 7.11 Å². The van der Waals surface area contributed by atoms with Gasteiger partial charge in [0, 0.05) is 23.3 Å². The van der Waals surface area contributed by atoms with Crippen molar-refractivity contribution in [2.45, 2.75) is 11.8 Å². The first-order chi connectivity index (χ1) is 11.8. The summed E-state index contributed by atoms with van der Waals surface area (Å²) in [6, 6.07) is 20.8. The first-order valence-corrected chi connectivity index (χ1v) is 8.13. The molecule has 5 rings (SSSR count). The van der Waals surface area contributed by atoms with Crippen LogP contribution in [0.5, 0.6) is 0 Å². The number of hydrogen-bond donors (Lipinski definition) is 0. The average Bonchev–Trinajstić information content (AvgIpc) is 3.13. The smallest absolute Gasteiger partial charge is 0.334 e. The van der Waals surface area contributed by atoms with Gasteiger partial charge in [-0.3, -0.25) is 0 Å². The van der Waals surface area contributed by atoms with Crippen LogP contribution in [0, 0.1) is 22.7 Å². The molecule has 24 heavy (non-hydrogen) atoms. The van der Waals surface area contributed by atoms with Crippen molar-refractivity contribution in [3.05, 3.63) is 76.9 Å². The van der Waals surface area contributed by atoms with E-state index in [4.69, 9.17) is 4.74 Å². The van der Waals surface area contributed by atoms with Gasteiger partial charge in [-0.2, -0.15) is 5.26 Å². The van der Waals surface area contributed by atoms with Crippen LogP contribution in [0.15, 0.2) is 60.2 Å². The van der Waals surface area contributed by atoms with E-state index >= 15 is 0 Å².